The average Bonchev–Trinajstić information content (AvgIpc) is 2.74. The molecule has 1 aliphatic heterocycles. The molecule has 162 valence electrons. The molecule has 0 radical (unpaired) electrons. The van der Waals surface area contributed by atoms with Crippen molar-refractivity contribution in [3.8, 4) is 0 Å². The number of para-hydroxylation sites is 1. The van der Waals surface area contributed by atoms with Gasteiger partial charge in [0.2, 0.25) is 5.91 Å². The fourth-order valence-electron chi connectivity index (χ4n) is 5.96. The molecule has 6 rings (SSSR count). The summed E-state index contributed by atoms with van der Waals surface area (Å²) in [6.07, 6.45) is 4.36. The molecule has 2 amide bonds. The largest absolute Gasteiger partial charge is 0.362 e. The highest BCUT2D eigenvalue weighted by Gasteiger charge is 2.60. The van der Waals surface area contributed by atoms with Crippen molar-refractivity contribution in [1.82, 2.24) is 10.6 Å². The standard InChI is InChI=1S/C25H28ClN3O2/c1-24-12-10-17(25(15-24)28-21-5-3-2-4-19(21)22(30)29-25)14-20(24)23(31)27-13-11-16-6-8-18(26)9-7-16/h2-9,17,20,28H,10-15H2,1H3,(H,27,31)(H,29,30)/t17-,20-,24-,25-/m1/s1. The lowest BCUT2D eigenvalue weighted by atomic mass is 9.51. The maximum absolute atomic E-state index is 13.1. The van der Waals surface area contributed by atoms with E-state index in [1.807, 2.05) is 48.5 Å². The first-order chi connectivity index (χ1) is 14.9. The molecule has 31 heavy (non-hydrogen) atoms. The highest BCUT2D eigenvalue weighted by molar-refractivity contribution is 6.30. The van der Waals surface area contributed by atoms with Crippen molar-refractivity contribution in [2.24, 2.45) is 17.3 Å². The van der Waals surface area contributed by atoms with Crippen LogP contribution in [0, 0.1) is 17.3 Å². The summed E-state index contributed by atoms with van der Waals surface area (Å²) in [5.41, 5.74) is 2.14. The number of benzene rings is 2. The molecule has 3 N–H and O–H groups in total. The highest BCUT2D eigenvalue weighted by atomic mass is 35.5. The summed E-state index contributed by atoms with van der Waals surface area (Å²) in [5.74, 6) is 0.324. The van der Waals surface area contributed by atoms with Crippen LogP contribution in [0.1, 0.15) is 48.5 Å². The molecule has 3 fully saturated rings. The second-order valence-electron chi connectivity index (χ2n) is 9.62. The summed E-state index contributed by atoms with van der Waals surface area (Å²) in [6.45, 7) is 2.83. The Morgan fingerprint density at radius 3 is 2.71 bits per heavy atom. The Kier molecular flexibility index (Phi) is 4.97. The molecule has 0 saturated heterocycles. The quantitative estimate of drug-likeness (QED) is 0.664. The Balaban J connectivity index is 1.27. The molecule has 2 aromatic carbocycles. The molecule has 1 spiro atoms. The molecule has 2 bridgehead atoms. The van der Waals surface area contributed by atoms with Crippen molar-refractivity contribution < 1.29 is 9.59 Å². The van der Waals surface area contributed by atoms with Gasteiger partial charge in [-0.3, -0.25) is 9.59 Å². The van der Waals surface area contributed by atoms with Gasteiger partial charge in [-0.25, -0.2) is 0 Å². The van der Waals surface area contributed by atoms with E-state index >= 15 is 0 Å². The predicted molar refractivity (Wildman–Crippen MR) is 122 cm³/mol. The van der Waals surface area contributed by atoms with Crippen LogP contribution < -0.4 is 16.0 Å². The van der Waals surface area contributed by atoms with Gasteiger partial charge in [0.25, 0.3) is 5.91 Å². The van der Waals surface area contributed by atoms with Crippen LogP contribution in [0.3, 0.4) is 0 Å². The maximum atomic E-state index is 13.1. The molecule has 4 aliphatic rings. The van der Waals surface area contributed by atoms with Gasteiger partial charge in [-0.1, -0.05) is 42.8 Å². The van der Waals surface area contributed by atoms with E-state index in [2.05, 4.69) is 22.9 Å². The number of nitrogens with one attached hydrogen (secondary N) is 3. The normalized spacial score (nSPS) is 31.0. The minimum Gasteiger partial charge on any atom is -0.362 e. The number of hydrogen-bond acceptors (Lipinski definition) is 3. The van der Waals surface area contributed by atoms with Crippen molar-refractivity contribution >= 4 is 29.1 Å². The van der Waals surface area contributed by atoms with Gasteiger partial charge >= 0.3 is 0 Å². The van der Waals surface area contributed by atoms with Gasteiger partial charge in [0.05, 0.1) is 5.56 Å². The van der Waals surface area contributed by atoms with Crippen LogP contribution in [-0.4, -0.2) is 24.0 Å². The van der Waals surface area contributed by atoms with Crippen LogP contribution in [-0.2, 0) is 11.2 Å². The Morgan fingerprint density at radius 1 is 1.16 bits per heavy atom. The number of hydrogen-bond donors (Lipinski definition) is 3. The number of carbonyl (C=O) groups excluding carboxylic acids is 2. The van der Waals surface area contributed by atoms with E-state index in [4.69, 9.17) is 11.6 Å². The van der Waals surface area contributed by atoms with Gasteiger partial charge < -0.3 is 16.0 Å². The van der Waals surface area contributed by atoms with Crippen LogP contribution in [0.15, 0.2) is 48.5 Å². The van der Waals surface area contributed by atoms with Crippen molar-refractivity contribution in [2.45, 2.75) is 44.7 Å². The minimum absolute atomic E-state index is 0.0190. The van der Waals surface area contributed by atoms with Crippen LogP contribution >= 0.6 is 11.6 Å². The van der Waals surface area contributed by atoms with Gasteiger partial charge in [-0.2, -0.15) is 0 Å². The van der Waals surface area contributed by atoms with Crippen molar-refractivity contribution in [2.75, 3.05) is 11.9 Å². The Morgan fingerprint density at radius 2 is 1.94 bits per heavy atom. The van der Waals surface area contributed by atoms with Gasteiger partial charge in [0.15, 0.2) is 0 Å². The number of rotatable bonds is 4. The van der Waals surface area contributed by atoms with Gasteiger partial charge in [-0.15, -0.1) is 0 Å². The summed E-state index contributed by atoms with van der Waals surface area (Å²) in [7, 11) is 0. The van der Waals surface area contributed by atoms with E-state index in [1.54, 1.807) is 0 Å². The second-order valence-corrected chi connectivity index (χ2v) is 10.1. The number of halogens is 1. The molecule has 4 atom stereocenters. The smallest absolute Gasteiger partial charge is 0.255 e. The average molecular weight is 438 g/mol. The molecule has 3 saturated carbocycles. The zero-order chi connectivity index (χ0) is 21.6. The zero-order valence-electron chi connectivity index (χ0n) is 17.7. The van der Waals surface area contributed by atoms with E-state index in [0.29, 0.717) is 12.1 Å². The maximum Gasteiger partial charge on any atom is 0.255 e. The van der Waals surface area contributed by atoms with Crippen LogP contribution in [0.5, 0.6) is 0 Å². The monoisotopic (exact) mass is 437 g/mol. The number of anilines is 1. The van der Waals surface area contributed by atoms with Crippen LogP contribution in [0.25, 0.3) is 0 Å². The first kappa shape index (κ1) is 20.4. The molecule has 6 heteroatoms. The van der Waals surface area contributed by atoms with E-state index < -0.39 is 5.66 Å². The topological polar surface area (TPSA) is 70.2 Å². The third-order valence-electron chi connectivity index (χ3n) is 7.61. The van der Waals surface area contributed by atoms with E-state index in [0.717, 1.165) is 48.4 Å². The lowest BCUT2D eigenvalue weighted by molar-refractivity contribution is -0.139. The van der Waals surface area contributed by atoms with Gasteiger partial charge in [0.1, 0.15) is 5.66 Å². The fourth-order valence-corrected chi connectivity index (χ4v) is 6.08. The van der Waals surface area contributed by atoms with Crippen molar-refractivity contribution in [1.29, 1.82) is 0 Å². The first-order valence-electron chi connectivity index (χ1n) is 11.1. The number of fused-ring (bicyclic) bond motifs is 3. The molecule has 3 aliphatic carbocycles. The van der Waals surface area contributed by atoms with E-state index in [1.165, 1.54) is 0 Å². The molecular formula is C25H28ClN3O2. The zero-order valence-corrected chi connectivity index (χ0v) is 18.5. The predicted octanol–water partition coefficient (Wildman–Crippen LogP) is 4.38. The molecule has 0 aromatic heterocycles. The van der Waals surface area contributed by atoms with Crippen LogP contribution in [0.4, 0.5) is 5.69 Å². The first-order valence-corrected chi connectivity index (χ1v) is 11.5. The van der Waals surface area contributed by atoms with Crippen LogP contribution in [0.2, 0.25) is 5.02 Å². The summed E-state index contributed by atoms with van der Waals surface area (Å²) < 4.78 is 0. The summed E-state index contributed by atoms with van der Waals surface area (Å²) in [5, 5.41) is 10.8. The Bertz CT molecular complexity index is 1020. The molecule has 5 nitrogen and oxygen atoms in total. The Hall–Kier alpha value is -2.53. The summed E-state index contributed by atoms with van der Waals surface area (Å²) >= 11 is 5.95. The molecule has 1 heterocycles. The highest BCUT2D eigenvalue weighted by Crippen LogP contribution is 2.58. The lowest BCUT2D eigenvalue weighted by Crippen LogP contribution is -2.70. The third kappa shape index (κ3) is 3.59. The molecule has 0 unspecified atom stereocenters. The number of amides is 2. The summed E-state index contributed by atoms with van der Waals surface area (Å²) in [6, 6.07) is 15.4. The van der Waals surface area contributed by atoms with E-state index in [9.17, 15) is 9.59 Å². The lowest BCUT2D eigenvalue weighted by Gasteiger charge is -2.60. The molecular weight excluding hydrogens is 410 g/mol. The summed E-state index contributed by atoms with van der Waals surface area (Å²) in [4.78, 5) is 25.9. The number of carbonyl (C=O) groups is 2. The molecule has 2 aromatic rings. The van der Waals surface area contributed by atoms with Crippen molar-refractivity contribution in [3.63, 3.8) is 0 Å². The van der Waals surface area contributed by atoms with Crippen molar-refractivity contribution in [3.05, 3.63) is 64.7 Å². The van der Waals surface area contributed by atoms with E-state index in [-0.39, 0.29) is 29.1 Å². The fraction of sp³-hybridized carbons (Fsp3) is 0.440. The second kappa shape index (κ2) is 7.56. The third-order valence-corrected chi connectivity index (χ3v) is 7.87. The van der Waals surface area contributed by atoms with Gasteiger partial charge in [-0.05, 0) is 67.3 Å². The SMILES string of the molecule is C[C@]12CC[C@H](C[C@@H]1C(=O)NCCc1ccc(Cl)cc1)[C@@]1(C2)NC(=O)c2ccccc2N1. The Labute approximate surface area is 187 Å². The minimum atomic E-state index is -0.460. The van der Waals surface area contributed by atoms with Gasteiger partial charge in [0, 0.05) is 29.1 Å².